The SMILES string of the molecule is CCCC[C@H](NC(=O)CCS(=O)(=O)N(C)C)C(=O)O. The van der Waals surface area contributed by atoms with Crippen molar-refractivity contribution in [2.24, 2.45) is 0 Å². The first-order valence-electron chi connectivity index (χ1n) is 6.13. The molecule has 0 aliphatic heterocycles. The van der Waals surface area contributed by atoms with Crippen molar-refractivity contribution in [3.63, 3.8) is 0 Å². The molecule has 0 rings (SSSR count). The van der Waals surface area contributed by atoms with E-state index in [4.69, 9.17) is 5.11 Å². The average Bonchev–Trinajstić information content (AvgIpc) is 2.31. The van der Waals surface area contributed by atoms with E-state index >= 15 is 0 Å². The second-order valence-corrected chi connectivity index (χ2v) is 6.75. The van der Waals surface area contributed by atoms with E-state index in [9.17, 15) is 18.0 Å². The lowest BCUT2D eigenvalue weighted by molar-refractivity contribution is -0.142. The van der Waals surface area contributed by atoms with E-state index in [0.717, 1.165) is 10.7 Å². The molecule has 8 heteroatoms. The van der Waals surface area contributed by atoms with Crippen LogP contribution in [0.5, 0.6) is 0 Å². The Morgan fingerprint density at radius 2 is 1.89 bits per heavy atom. The molecule has 0 saturated heterocycles. The molecule has 0 aliphatic carbocycles. The van der Waals surface area contributed by atoms with Crippen molar-refractivity contribution in [3.05, 3.63) is 0 Å². The number of sulfonamides is 1. The van der Waals surface area contributed by atoms with Crippen LogP contribution >= 0.6 is 0 Å². The van der Waals surface area contributed by atoms with E-state index in [1.165, 1.54) is 14.1 Å². The lowest BCUT2D eigenvalue weighted by Crippen LogP contribution is -2.41. The predicted molar refractivity (Wildman–Crippen MR) is 71.2 cm³/mol. The third-order valence-corrected chi connectivity index (χ3v) is 4.46. The zero-order chi connectivity index (χ0) is 15.1. The van der Waals surface area contributed by atoms with Crippen LogP contribution in [0.2, 0.25) is 0 Å². The van der Waals surface area contributed by atoms with Crippen LogP contribution in [0.1, 0.15) is 32.6 Å². The molecule has 0 radical (unpaired) electrons. The first kappa shape index (κ1) is 17.8. The fourth-order valence-electron chi connectivity index (χ4n) is 1.34. The maximum atomic E-state index is 11.5. The van der Waals surface area contributed by atoms with Crippen molar-refractivity contribution in [2.75, 3.05) is 19.8 Å². The highest BCUT2D eigenvalue weighted by Crippen LogP contribution is 2.02. The topological polar surface area (TPSA) is 104 Å². The summed E-state index contributed by atoms with van der Waals surface area (Å²) in [4.78, 5) is 22.4. The largest absolute Gasteiger partial charge is 0.480 e. The van der Waals surface area contributed by atoms with E-state index in [2.05, 4.69) is 5.32 Å². The maximum Gasteiger partial charge on any atom is 0.326 e. The summed E-state index contributed by atoms with van der Waals surface area (Å²) in [5.74, 6) is -1.99. The summed E-state index contributed by atoms with van der Waals surface area (Å²) in [6, 6.07) is -0.950. The lowest BCUT2D eigenvalue weighted by atomic mass is 10.1. The van der Waals surface area contributed by atoms with Gasteiger partial charge in [-0.2, -0.15) is 0 Å². The highest BCUT2D eigenvalue weighted by Gasteiger charge is 2.21. The zero-order valence-electron chi connectivity index (χ0n) is 11.5. The summed E-state index contributed by atoms with van der Waals surface area (Å²) >= 11 is 0. The number of carboxylic acid groups (broad SMARTS) is 1. The van der Waals surface area contributed by atoms with Crippen LogP contribution in [-0.4, -0.2) is 55.6 Å². The predicted octanol–water partition coefficient (Wildman–Crippen LogP) is 0.0275. The van der Waals surface area contributed by atoms with E-state index in [0.29, 0.717) is 12.8 Å². The molecular formula is C11H22N2O5S. The van der Waals surface area contributed by atoms with Gasteiger partial charge in [-0.1, -0.05) is 19.8 Å². The first-order valence-corrected chi connectivity index (χ1v) is 7.74. The van der Waals surface area contributed by atoms with Crippen molar-refractivity contribution >= 4 is 21.9 Å². The molecule has 112 valence electrons. The van der Waals surface area contributed by atoms with Crippen molar-refractivity contribution < 1.29 is 23.1 Å². The molecule has 0 heterocycles. The fourth-order valence-corrected chi connectivity index (χ4v) is 2.14. The molecule has 0 fully saturated rings. The number of nitrogens with zero attached hydrogens (tertiary/aromatic N) is 1. The smallest absolute Gasteiger partial charge is 0.326 e. The number of carbonyl (C=O) groups is 2. The number of rotatable bonds is 9. The minimum atomic E-state index is -3.44. The molecule has 0 unspecified atom stereocenters. The number of amides is 1. The van der Waals surface area contributed by atoms with Gasteiger partial charge in [0, 0.05) is 20.5 Å². The molecule has 0 aromatic heterocycles. The Morgan fingerprint density at radius 1 is 1.32 bits per heavy atom. The molecule has 0 spiro atoms. The van der Waals surface area contributed by atoms with Crippen LogP contribution in [0.4, 0.5) is 0 Å². The third kappa shape index (κ3) is 7.12. The Hall–Kier alpha value is -1.15. The van der Waals surface area contributed by atoms with Gasteiger partial charge in [-0.05, 0) is 6.42 Å². The van der Waals surface area contributed by atoms with Gasteiger partial charge in [-0.15, -0.1) is 0 Å². The average molecular weight is 294 g/mol. The van der Waals surface area contributed by atoms with Gasteiger partial charge in [0.05, 0.1) is 5.75 Å². The highest BCUT2D eigenvalue weighted by molar-refractivity contribution is 7.89. The molecule has 0 bridgehead atoms. The van der Waals surface area contributed by atoms with Gasteiger partial charge in [0.1, 0.15) is 6.04 Å². The minimum Gasteiger partial charge on any atom is -0.480 e. The van der Waals surface area contributed by atoms with Gasteiger partial charge in [-0.3, -0.25) is 4.79 Å². The van der Waals surface area contributed by atoms with Gasteiger partial charge in [0.15, 0.2) is 0 Å². The lowest BCUT2D eigenvalue weighted by Gasteiger charge is -2.15. The molecule has 0 aromatic carbocycles. The maximum absolute atomic E-state index is 11.5. The van der Waals surface area contributed by atoms with E-state index in [1.807, 2.05) is 6.92 Å². The third-order valence-electron chi connectivity index (χ3n) is 2.62. The quantitative estimate of drug-likeness (QED) is 0.624. The number of hydrogen-bond acceptors (Lipinski definition) is 4. The van der Waals surface area contributed by atoms with E-state index < -0.39 is 27.9 Å². The second kappa shape index (κ2) is 8.11. The Kier molecular flexibility index (Phi) is 7.62. The number of aliphatic carboxylic acids is 1. The molecule has 0 aliphatic rings. The minimum absolute atomic E-state index is 0.240. The summed E-state index contributed by atoms with van der Waals surface area (Å²) in [5, 5.41) is 11.3. The van der Waals surface area contributed by atoms with Gasteiger partial charge in [0.2, 0.25) is 15.9 Å². The number of unbranched alkanes of at least 4 members (excludes halogenated alkanes) is 1. The Balaban J connectivity index is 4.32. The second-order valence-electron chi connectivity index (χ2n) is 4.45. The first-order chi connectivity index (χ1) is 8.70. The molecule has 1 atom stereocenters. The summed E-state index contributed by atoms with van der Waals surface area (Å²) in [6.45, 7) is 1.92. The summed E-state index contributed by atoms with van der Waals surface area (Å²) in [7, 11) is -0.674. The Bertz CT molecular complexity index is 405. The normalized spacial score (nSPS) is 13.3. The standard InChI is InChI=1S/C11H22N2O5S/c1-4-5-6-9(11(15)16)12-10(14)7-8-19(17,18)13(2)3/h9H,4-8H2,1-3H3,(H,12,14)(H,15,16)/t9-/m0/s1. The zero-order valence-corrected chi connectivity index (χ0v) is 12.4. The van der Waals surface area contributed by atoms with Crippen molar-refractivity contribution in [2.45, 2.75) is 38.6 Å². The van der Waals surface area contributed by atoms with Crippen molar-refractivity contribution in [1.82, 2.24) is 9.62 Å². The van der Waals surface area contributed by atoms with Crippen LogP contribution in [0.3, 0.4) is 0 Å². The fraction of sp³-hybridized carbons (Fsp3) is 0.818. The van der Waals surface area contributed by atoms with Crippen LogP contribution < -0.4 is 5.32 Å². The number of carbonyl (C=O) groups excluding carboxylic acids is 1. The molecule has 2 N–H and O–H groups in total. The molecular weight excluding hydrogens is 272 g/mol. The molecule has 19 heavy (non-hydrogen) atoms. The summed E-state index contributed by atoms with van der Waals surface area (Å²) < 4.78 is 23.9. The van der Waals surface area contributed by atoms with Crippen LogP contribution in [0.25, 0.3) is 0 Å². The van der Waals surface area contributed by atoms with E-state index in [1.54, 1.807) is 0 Å². The molecule has 0 aromatic rings. The van der Waals surface area contributed by atoms with Crippen molar-refractivity contribution in [1.29, 1.82) is 0 Å². The number of carboxylic acids is 1. The highest BCUT2D eigenvalue weighted by atomic mass is 32.2. The van der Waals surface area contributed by atoms with Gasteiger partial charge in [-0.25, -0.2) is 17.5 Å². The summed E-state index contributed by atoms with van der Waals surface area (Å²) in [5.41, 5.74) is 0. The Morgan fingerprint density at radius 3 is 2.32 bits per heavy atom. The van der Waals surface area contributed by atoms with Gasteiger partial charge >= 0.3 is 5.97 Å². The Labute approximate surface area is 114 Å². The summed E-state index contributed by atoms with van der Waals surface area (Å²) in [6.07, 6.45) is 1.62. The van der Waals surface area contributed by atoms with Crippen molar-refractivity contribution in [3.8, 4) is 0 Å². The molecule has 1 amide bonds. The van der Waals surface area contributed by atoms with Gasteiger partial charge in [0.25, 0.3) is 0 Å². The molecule has 7 nitrogen and oxygen atoms in total. The number of nitrogens with one attached hydrogen (secondary N) is 1. The van der Waals surface area contributed by atoms with Crippen LogP contribution in [-0.2, 0) is 19.6 Å². The van der Waals surface area contributed by atoms with Gasteiger partial charge < -0.3 is 10.4 Å². The molecule has 0 saturated carbocycles. The van der Waals surface area contributed by atoms with Crippen LogP contribution in [0, 0.1) is 0 Å². The number of hydrogen-bond donors (Lipinski definition) is 2. The van der Waals surface area contributed by atoms with Crippen LogP contribution in [0.15, 0.2) is 0 Å². The monoisotopic (exact) mass is 294 g/mol. The van der Waals surface area contributed by atoms with E-state index in [-0.39, 0.29) is 12.2 Å².